The van der Waals surface area contributed by atoms with Crippen molar-refractivity contribution in [2.75, 3.05) is 19.8 Å². The molecule has 3 atom stereocenters. The molecule has 2 aliphatic rings. The summed E-state index contributed by atoms with van der Waals surface area (Å²) < 4.78 is 0. The van der Waals surface area contributed by atoms with E-state index in [2.05, 4.69) is 0 Å². The Labute approximate surface area is 121 Å². The summed E-state index contributed by atoms with van der Waals surface area (Å²) in [4.78, 5) is 32.9. The summed E-state index contributed by atoms with van der Waals surface area (Å²) in [7, 11) is 0. The zero-order valence-corrected chi connectivity index (χ0v) is 11.0. The van der Waals surface area contributed by atoms with Crippen molar-refractivity contribution in [2.45, 2.75) is 24.5 Å². The van der Waals surface area contributed by atoms with Crippen LogP contribution in [0, 0.1) is 30.3 Å². The normalized spacial score (nSPS) is 28.5. The van der Waals surface area contributed by atoms with Crippen LogP contribution in [-0.4, -0.2) is 83.6 Å². The van der Waals surface area contributed by atoms with Crippen LogP contribution in [0.3, 0.4) is 0 Å². The quantitative estimate of drug-likeness (QED) is 0.420. The van der Waals surface area contributed by atoms with Crippen LogP contribution in [-0.2, 0) is 0 Å². The van der Waals surface area contributed by atoms with Crippen molar-refractivity contribution in [1.82, 2.24) is 20.3 Å². The highest BCUT2D eigenvalue weighted by atomic mass is 16.8. The Morgan fingerprint density at radius 2 is 1.59 bits per heavy atom. The van der Waals surface area contributed by atoms with E-state index >= 15 is 0 Å². The number of rotatable bonds is 5. The van der Waals surface area contributed by atoms with E-state index in [1.54, 1.807) is 0 Å². The molecule has 22 heavy (non-hydrogen) atoms. The third kappa shape index (κ3) is 2.63. The SMILES string of the molecule is O=[N+]([O-])N1CC(C2C(N(O)O)CCN2[N+](=O)[O-])N([N+](=O)[O-])C1. The molecule has 2 rings (SSSR count). The van der Waals surface area contributed by atoms with Gasteiger partial charge in [0.25, 0.3) is 0 Å². The van der Waals surface area contributed by atoms with Gasteiger partial charge in [-0.1, -0.05) is 10.2 Å². The van der Waals surface area contributed by atoms with E-state index in [1.807, 2.05) is 0 Å². The fraction of sp³-hybridized carbons (Fsp3) is 1.00. The lowest BCUT2D eigenvalue weighted by Crippen LogP contribution is -2.57. The van der Waals surface area contributed by atoms with Crippen molar-refractivity contribution in [1.29, 1.82) is 0 Å². The zero-order valence-electron chi connectivity index (χ0n) is 11.0. The van der Waals surface area contributed by atoms with Crippen LogP contribution in [0.2, 0.25) is 0 Å². The van der Waals surface area contributed by atoms with Crippen LogP contribution < -0.4 is 0 Å². The van der Waals surface area contributed by atoms with Crippen LogP contribution in [0.1, 0.15) is 6.42 Å². The van der Waals surface area contributed by atoms with Gasteiger partial charge in [-0.25, -0.2) is 30.3 Å². The van der Waals surface area contributed by atoms with Crippen LogP contribution in [0.25, 0.3) is 0 Å². The topological polar surface area (TPSA) is 183 Å². The van der Waals surface area contributed by atoms with Crippen molar-refractivity contribution >= 4 is 0 Å². The predicted molar refractivity (Wildman–Crippen MR) is 62.5 cm³/mol. The molecular weight excluding hydrogens is 310 g/mol. The summed E-state index contributed by atoms with van der Waals surface area (Å²) in [5.74, 6) is 0. The molecule has 0 spiro atoms. The fourth-order valence-corrected chi connectivity index (χ4v) is 2.90. The molecule has 2 heterocycles. The third-order valence-electron chi connectivity index (χ3n) is 3.82. The standard InChI is InChI=1S/C7H13N7O8/c15-11(16)5-1-2-9(13(19)20)7(5)6-3-8(12(17)18)4-10(6)14(21)22/h5-7,15-16H,1-4H2. The second-order valence-corrected chi connectivity index (χ2v) is 4.88. The maximum absolute atomic E-state index is 11.0. The Bertz CT molecular complexity index is 487. The molecule has 0 aromatic rings. The lowest BCUT2D eigenvalue weighted by atomic mass is 10.0. The average molecular weight is 323 g/mol. The van der Waals surface area contributed by atoms with Gasteiger partial charge >= 0.3 is 0 Å². The molecule has 15 heteroatoms. The smallest absolute Gasteiger partial charge is 0.208 e. The molecule has 0 radical (unpaired) electrons. The van der Waals surface area contributed by atoms with Gasteiger partial charge in [0.1, 0.15) is 18.6 Å². The van der Waals surface area contributed by atoms with E-state index < -0.39 is 46.4 Å². The minimum atomic E-state index is -1.29. The number of hydrogen-bond donors (Lipinski definition) is 2. The van der Waals surface area contributed by atoms with Crippen molar-refractivity contribution in [2.24, 2.45) is 0 Å². The summed E-state index contributed by atoms with van der Waals surface area (Å²) in [6.45, 7) is -1.27. The van der Waals surface area contributed by atoms with Gasteiger partial charge in [-0.3, -0.25) is 10.4 Å². The summed E-state index contributed by atoms with van der Waals surface area (Å²) in [6.07, 6.45) is -0.0286. The Morgan fingerprint density at radius 3 is 2.05 bits per heavy atom. The molecule has 0 amide bonds. The van der Waals surface area contributed by atoms with Gasteiger partial charge in [0.15, 0.2) is 15.1 Å². The lowest BCUT2D eigenvalue weighted by Gasteiger charge is -2.29. The Morgan fingerprint density at radius 1 is 1.00 bits per heavy atom. The Kier molecular flexibility index (Phi) is 4.11. The second-order valence-electron chi connectivity index (χ2n) is 4.88. The zero-order chi connectivity index (χ0) is 16.6. The van der Waals surface area contributed by atoms with Gasteiger partial charge in [0, 0.05) is 0 Å². The van der Waals surface area contributed by atoms with E-state index in [-0.39, 0.29) is 18.2 Å². The van der Waals surface area contributed by atoms with Gasteiger partial charge < -0.3 is 0 Å². The van der Waals surface area contributed by atoms with Crippen molar-refractivity contribution in [3.8, 4) is 0 Å². The van der Waals surface area contributed by atoms with Gasteiger partial charge in [0.05, 0.1) is 12.6 Å². The first-order chi connectivity index (χ1) is 10.2. The van der Waals surface area contributed by atoms with Gasteiger partial charge in [-0.2, -0.15) is 0 Å². The van der Waals surface area contributed by atoms with Gasteiger partial charge in [0.2, 0.25) is 6.67 Å². The van der Waals surface area contributed by atoms with E-state index in [0.29, 0.717) is 15.0 Å². The third-order valence-corrected chi connectivity index (χ3v) is 3.82. The molecule has 0 aromatic carbocycles. The number of hydroxylamine groups is 2. The van der Waals surface area contributed by atoms with Crippen molar-refractivity contribution in [3.63, 3.8) is 0 Å². The molecule has 2 N–H and O–H groups in total. The molecule has 2 saturated heterocycles. The number of nitro groups is 3. The molecule has 3 unspecified atom stereocenters. The van der Waals surface area contributed by atoms with Crippen LogP contribution in [0.4, 0.5) is 0 Å². The molecular formula is C7H13N7O8. The first-order valence-corrected chi connectivity index (χ1v) is 6.12. The summed E-state index contributed by atoms with van der Waals surface area (Å²) in [5.41, 5.74) is 0. The predicted octanol–water partition coefficient (Wildman–Crippen LogP) is -1.97. The maximum Gasteiger partial charge on any atom is 0.208 e. The second kappa shape index (κ2) is 5.70. The molecule has 15 nitrogen and oxygen atoms in total. The van der Waals surface area contributed by atoms with Gasteiger partial charge in [-0.05, 0) is 6.42 Å². The minimum absolute atomic E-state index is 0.0286. The number of hydrogen-bond acceptors (Lipinski definition) is 9. The highest BCUT2D eigenvalue weighted by Gasteiger charge is 2.57. The monoisotopic (exact) mass is 323 g/mol. The van der Waals surface area contributed by atoms with Crippen LogP contribution in [0.5, 0.6) is 0 Å². The molecule has 0 aromatic heterocycles. The first-order valence-electron chi connectivity index (χ1n) is 6.12. The van der Waals surface area contributed by atoms with Crippen LogP contribution >= 0.6 is 0 Å². The largest absolute Gasteiger partial charge is 0.289 e. The molecule has 2 aliphatic heterocycles. The number of hydrazine groups is 3. The molecule has 2 fully saturated rings. The minimum Gasteiger partial charge on any atom is -0.289 e. The van der Waals surface area contributed by atoms with Crippen LogP contribution in [0.15, 0.2) is 0 Å². The van der Waals surface area contributed by atoms with E-state index in [9.17, 15) is 40.8 Å². The maximum atomic E-state index is 11.0. The average Bonchev–Trinajstić information content (AvgIpc) is 3.02. The van der Waals surface area contributed by atoms with Gasteiger partial charge in [-0.15, -0.1) is 10.0 Å². The highest BCUT2D eigenvalue weighted by molar-refractivity contribution is 4.97. The molecule has 0 bridgehead atoms. The van der Waals surface area contributed by atoms with E-state index in [4.69, 9.17) is 0 Å². The van der Waals surface area contributed by atoms with Crippen molar-refractivity contribution < 1.29 is 25.5 Å². The Hall–Kier alpha value is -2.52. The van der Waals surface area contributed by atoms with E-state index in [1.165, 1.54) is 0 Å². The summed E-state index contributed by atoms with van der Waals surface area (Å²) >= 11 is 0. The molecule has 124 valence electrons. The Balaban J connectivity index is 2.32. The lowest BCUT2D eigenvalue weighted by molar-refractivity contribution is -0.697. The summed E-state index contributed by atoms with van der Waals surface area (Å²) in [5, 5.41) is 50.1. The molecule has 0 saturated carbocycles. The van der Waals surface area contributed by atoms with E-state index in [0.717, 1.165) is 0 Å². The summed E-state index contributed by atoms with van der Waals surface area (Å²) in [6, 6.07) is -3.72. The fourth-order valence-electron chi connectivity index (χ4n) is 2.90. The highest BCUT2D eigenvalue weighted by Crippen LogP contribution is 2.29. The number of nitrogens with zero attached hydrogens (tertiary/aromatic N) is 7. The molecule has 0 aliphatic carbocycles. The first kappa shape index (κ1) is 15.9. The van der Waals surface area contributed by atoms with Crippen molar-refractivity contribution in [3.05, 3.63) is 30.3 Å².